The fourth-order valence-corrected chi connectivity index (χ4v) is 1.97. The first-order chi connectivity index (χ1) is 8.54. The van der Waals surface area contributed by atoms with E-state index in [2.05, 4.69) is 5.32 Å². The van der Waals surface area contributed by atoms with Crippen LogP contribution in [0, 0.1) is 11.8 Å². The number of nitrogens with one attached hydrogen (secondary N) is 1. The van der Waals surface area contributed by atoms with Crippen LogP contribution in [0.1, 0.15) is 39.5 Å². The zero-order valence-corrected chi connectivity index (χ0v) is 11.3. The van der Waals surface area contributed by atoms with Gasteiger partial charge in [0.15, 0.2) is 0 Å². The average Bonchev–Trinajstić information content (AvgIpc) is 2.27. The summed E-state index contributed by atoms with van der Waals surface area (Å²) in [6.07, 6.45) is 4.20. The maximum absolute atomic E-state index is 11.9. The Morgan fingerprint density at radius 3 is 2.56 bits per heavy atom. The van der Waals surface area contributed by atoms with E-state index >= 15 is 0 Å². The fraction of sp³-hybridized carbons (Fsp3) is 0.846. The van der Waals surface area contributed by atoms with E-state index in [1.807, 2.05) is 11.8 Å². The van der Waals surface area contributed by atoms with Crippen molar-refractivity contribution in [1.29, 1.82) is 0 Å². The van der Waals surface area contributed by atoms with Gasteiger partial charge in [-0.15, -0.1) is 0 Å². The molecule has 1 rings (SSSR count). The van der Waals surface area contributed by atoms with E-state index in [0.717, 1.165) is 6.54 Å². The summed E-state index contributed by atoms with van der Waals surface area (Å²) >= 11 is 0. The number of carbonyl (C=O) groups is 2. The molecule has 0 aromatic carbocycles. The van der Waals surface area contributed by atoms with Crippen molar-refractivity contribution in [2.45, 2.75) is 39.5 Å². The topological polar surface area (TPSA) is 69.6 Å². The summed E-state index contributed by atoms with van der Waals surface area (Å²) in [5.74, 6) is -0.563. The van der Waals surface area contributed by atoms with Crippen LogP contribution in [0.2, 0.25) is 0 Å². The first-order valence-electron chi connectivity index (χ1n) is 6.80. The number of carboxylic acid groups (broad SMARTS) is 1. The third-order valence-corrected chi connectivity index (χ3v) is 3.65. The quantitative estimate of drug-likeness (QED) is 0.731. The van der Waals surface area contributed by atoms with E-state index in [-0.39, 0.29) is 6.03 Å². The lowest BCUT2D eigenvalue weighted by Gasteiger charge is -2.31. The van der Waals surface area contributed by atoms with E-state index in [4.69, 9.17) is 5.11 Å². The molecule has 104 valence electrons. The lowest BCUT2D eigenvalue weighted by atomic mass is 9.85. The van der Waals surface area contributed by atoms with Gasteiger partial charge < -0.3 is 15.3 Å². The number of nitrogens with zero attached hydrogens (tertiary/aromatic N) is 1. The minimum absolute atomic E-state index is 0.0676. The number of rotatable bonds is 7. The minimum Gasteiger partial charge on any atom is -0.481 e. The highest BCUT2D eigenvalue weighted by Crippen LogP contribution is 2.26. The molecule has 0 radical (unpaired) electrons. The molecule has 0 aromatic heterocycles. The number of hydrogen-bond donors (Lipinski definition) is 2. The highest BCUT2D eigenvalue weighted by atomic mass is 16.4. The highest BCUT2D eigenvalue weighted by molar-refractivity contribution is 5.74. The van der Waals surface area contributed by atoms with Gasteiger partial charge in [-0.05, 0) is 32.1 Å². The lowest BCUT2D eigenvalue weighted by Crippen LogP contribution is -2.44. The molecule has 0 bridgehead atoms. The van der Waals surface area contributed by atoms with Crippen molar-refractivity contribution < 1.29 is 14.7 Å². The molecular weight excluding hydrogens is 232 g/mol. The zero-order chi connectivity index (χ0) is 13.5. The Bertz CT molecular complexity index is 290. The SMILES string of the molecule is CCN(CC1CCC1)C(=O)NCCC(C)C(=O)O. The van der Waals surface area contributed by atoms with Crippen LogP contribution >= 0.6 is 0 Å². The van der Waals surface area contributed by atoms with Crippen molar-refractivity contribution >= 4 is 12.0 Å². The van der Waals surface area contributed by atoms with Crippen LogP contribution in [0.4, 0.5) is 4.79 Å². The van der Waals surface area contributed by atoms with Gasteiger partial charge >= 0.3 is 12.0 Å². The molecule has 2 N–H and O–H groups in total. The summed E-state index contributed by atoms with van der Waals surface area (Å²) in [5, 5.41) is 11.5. The molecule has 5 heteroatoms. The Kier molecular flexibility index (Phi) is 5.95. The molecular formula is C13H24N2O3. The van der Waals surface area contributed by atoms with Crippen LogP contribution in [0.3, 0.4) is 0 Å². The molecule has 0 aromatic rings. The maximum atomic E-state index is 11.9. The minimum atomic E-state index is -0.814. The molecule has 0 spiro atoms. The first-order valence-corrected chi connectivity index (χ1v) is 6.80. The highest BCUT2D eigenvalue weighted by Gasteiger charge is 2.22. The van der Waals surface area contributed by atoms with Crippen LogP contribution in [0.15, 0.2) is 0 Å². The predicted octanol–water partition coefficient (Wildman–Crippen LogP) is 1.93. The van der Waals surface area contributed by atoms with Gasteiger partial charge in [0.1, 0.15) is 0 Å². The summed E-state index contributed by atoms with van der Waals surface area (Å²) in [6, 6.07) is -0.0676. The predicted molar refractivity (Wildman–Crippen MR) is 69.4 cm³/mol. The molecule has 1 aliphatic carbocycles. The second kappa shape index (κ2) is 7.24. The van der Waals surface area contributed by atoms with Crippen molar-refractivity contribution in [3.05, 3.63) is 0 Å². The van der Waals surface area contributed by atoms with Gasteiger partial charge in [-0.1, -0.05) is 13.3 Å². The fourth-order valence-electron chi connectivity index (χ4n) is 1.97. The summed E-state index contributed by atoms with van der Waals surface area (Å²) in [6.45, 7) is 5.58. The van der Waals surface area contributed by atoms with Gasteiger partial charge in [0.2, 0.25) is 0 Å². The van der Waals surface area contributed by atoms with E-state index in [1.54, 1.807) is 6.92 Å². The number of hydrogen-bond acceptors (Lipinski definition) is 2. The van der Waals surface area contributed by atoms with E-state index in [9.17, 15) is 9.59 Å². The van der Waals surface area contributed by atoms with Crippen LogP contribution in [0.25, 0.3) is 0 Å². The second-order valence-corrected chi connectivity index (χ2v) is 5.10. The van der Waals surface area contributed by atoms with Crippen LogP contribution in [-0.2, 0) is 4.79 Å². The zero-order valence-electron chi connectivity index (χ0n) is 11.3. The monoisotopic (exact) mass is 256 g/mol. The lowest BCUT2D eigenvalue weighted by molar-refractivity contribution is -0.141. The largest absolute Gasteiger partial charge is 0.481 e. The molecule has 1 atom stereocenters. The van der Waals surface area contributed by atoms with Crippen molar-refractivity contribution in [1.82, 2.24) is 10.2 Å². The van der Waals surface area contributed by atoms with Gasteiger partial charge in [0.25, 0.3) is 0 Å². The molecule has 2 amide bonds. The van der Waals surface area contributed by atoms with Gasteiger partial charge in [0, 0.05) is 19.6 Å². The first kappa shape index (κ1) is 14.8. The normalized spacial score (nSPS) is 16.8. The Morgan fingerprint density at radius 2 is 2.11 bits per heavy atom. The van der Waals surface area contributed by atoms with Gasteiger partial charge in [-0.25, -0.2) is 4.79 Å². The molecule has 0 saturated heterocycles. The van der Waals surface area contributed by atoms with E-state index in [1.165, 1.54) is 19.3 Å². The Morgan fingerprint density at radius 1 is 1.44 bits per heavy atom. The number of carboxylic acids is 1. The molecule has 5 nitrogen and oxygen atoms in total. The molecule has 1 fully saturated rings. The molecule has 18 heavy (non-hydrogen) atoms. The maximum Gasteiger partial charge on any atom is 0.317 e. The smallest absolute Gasteiger partial charge is 0.317 e. The number of aliphatic carboxylic acids is 1. The molecule has 0 aliphatic heterocycles. The summed E-state index contributed by atoms with van der Waals surface area (Å²) in [4.78, 5) is 24.3. The van der Waals surface area contributed by atoms with Crippen molar-refractivity contribution in [2.75, 3.05) is 19.6 Å². The average molecular weight is 256 g/mol. The molecule has 1 saturated carbocycles. The van der Waals surface area contributed by atoms with Crippen LogP contribution < -0.4 is 5.32 Å². The Hall–Kier alpha value is -1.26. The number of urea groups is 1. The van der Waals surface area contributed by atoms with Gasteiger partial charge in [-0.3, -0.25) is 4.79 Å². The van der Waals surface area contributed by atoms with Gasteiger partial charge in [-0.2, -0.15) is 0 Å². The summed E-state index contributed by atoms with van der Waals surface area (Å²) in [5.41, 5.74) is 0. The van der Waals surface area contributed by atoms with E-state index in [0.29, 0.717) is 25.4 Å². The Balaban J connectivity index is 2.22. The van der Waals surface area contributed by atoms with E-state index < -0.39 is 11.9 Å². The summed E-state index contributed by atoms with van der Waals surface area (Å²) in [7, 11) is 0. The van der Waals surface area contributed by atoms with Crippen LogP contribution in [-0.4, -0.2) is 41.6 Å². The van der Waals surface area contributed by atoms with Crippen molar-refractivity contribution in [2.24, 2.45) is 11.8 Å². The van der Waals surface area contributed by atoms with Crippen molar-refractivity contribution in [3.63, 3.8) is 0 Å². The standard InChI is InChI=1S/C13H24N2O3/c1-3-15(9-11-5-4-6-11)13(18)14-8-7-10(2)12(16)17/h10-11H,3-9H2,1-2H3,(H,14,18)(H,16,17). The third kappa shape index (κ3) is 4.55. The van der Waals surface area contributed by atoms with Crippen molar-refractivity contribution in [3.8, 4) is 0 Å². The Labute approximate surface area is 109 Å². The summed E-state index contributed by atoms with van der Waals surface area (Å²) < 4.78 is 0. The molecule has 1 unspecified atom stereocenters. The number of carbonyl (C=O) groups excluding carboxylic acids is 1. The second-order valence-electron chi connectivity index (χ2n) is 5.10. The molecule has 0 heterocycles. The van der Waals surface area contributed by atoms with Crippen LogP contribution in [0.5, 0.6) is 0 Å². The number of amides is 2. The molecule has 1 aliphatic rings. The van der Waals surface area contributed by atoms with Gasteiger partial charge in [0.05, 0.1) is 5.92 Å². The third-order valence-electron chi connectivity index (χ3n) is 3.65.